The first-order valence-electron chi connectivity index (χ1n) is 11.6. The van der Waals surface area contributed by atoms with Crippen molar-refractivity contribution in [3.05, 3.63) is 59.7 Å². The molecule has 2 aliphatic rings. The summed E-state index contributed by atoms with van der Waals surface area (Å²) in [7, 11) is -3.77. The molecule has 2 aliphatic heterocycles. The first-order valence-corrected chi connectivity index (χ1v) is 13.0. The summed E-state index contributed by atoms with van der Waals surface area (Å²) >= 11 is 0. The second kappa shape index (κ2) is 9.57. The third-order valence-corrected chi connectivity index (χ3v) is 8.57. The van der Waals surface area contributed by atoms with Gasteiger partial charge in [-0.1, -0.05) is 0 Å². The molecule has 3 aromatic heterocycles. The zero-order chi connectivity index (χ0) is 24.6. The predicted molar refractivity (Wildman–Crippen MR) is 123 cm³/mol. The van der Waals surface area contributed by atoms with E-state index in [1.165, 1.54) is 22.8 Å². The molecule has 0 saturated carbocycles. The Hall–Kier alpha value is -2.99. The smallest absolute Gasteiger partial charge is 0.280 e. The zero-order valence-electron chi connectivity index (χ0n) is 19.2. The molecule has 0 aliphatic carbocycles. The number of nitrogens with zero attached hydrogens (tertiary/aromatic N) is 6. The summed E-state index contributed by atoms with van der Waals surface area (Å²) in [6.45, 7) is 3.45. The minimum Gasteiger partial charge on any atom is -0.424 e. The van der Waals surface area contributed by atoms with Crippen molar-refractivity contribution in [3.8, 4) is 0 Å². The molecular weight excluding hydrogens is 478 g/mol. The number of piperidine rings is 1. The fraction of sp³-hybridized carbons (Fsp3) is 0.478. The number of aryl methyl sites for hydroxylation is 1. The van der Waals surface area contributed by atoms with Crippen molar-refractivity contribution < 1.29 is 21.6 Å². The Morgan fingerprint density at radius 3 is 2.51 bits per heavy atom. The van der Waals surface area contributed by atoms with Crippen LogP contribution in [0.25, 0.3) is 0 Å². The number of rotatable bonds is 6. The van der Waals surface area contributed by atoms with Gasteiger partial charge in [-0.05, 0) is 61.4 Å². The van der Waals surface area contributed by atoms with Crippen LogP contribution in [-0.2, 0) is 10.0 Å². The maximum atomic E-state index is 13.3. The second-order valence-electron chi connectivity index (χ2n) is 8.86. The Bertz CT molecular complexity index is 1280. The van der Waals surface area contributed by atoms with Crippen LogP contribution in [0.3, 0.4) is 0 Å². The Balaban J connectivity index is 1.26. The standard InChI is InChI=1S/C23H26F2N6O3S/c1-15-28-29-23(34-15)20-3-2-10-31(20)35(32,33)18-4-5-21(27-14-18)30-11-7-16(8-12-30)17-6-9-26-19(13-17)22(24)25/h4-6,9,13-14,16,20,22H,2-3,7-8,10-12H2,1H3. The normalized spacial score (nSPS) is 20.1. The molecule has 9 nitrogen and oxygen atoms in total. The number of alkyl halides is 2. The molecule has 1 atom stereocenters. The van der Waals surface area contributed by atoms with Gasteiger partial charge in [0.1, 0.15) is 22.4 Å². The number of halogens is 2. The largest absolute Gasteiger partial charge is 0.424 e. The molecule has 1 unspecified atom stereocenters. The van der Waals surface area contributed by atoms with Gasteiger partial charge in [0, 0.05) is 39.0 Å². The molecule has 0 N–H and O–H groups in total. The fourth-order valence-corrected chi connectivity index (χ4v) is 6.45. The van der Waals surface area contributed by atoms with Gasteiger partial charge in [0.15, 0.2) is 0 Å². The van der Waals surface area contributed by atoms with Gasteiger partial charge in [-0.3, -0.25) is 4.98 Å². The Morgan fingerprint density at radius 1 is 1.06 bits per heavy atom. The lowest BCUT2D eigenvalue weighted by Gasteiger charge is -2.33. The van der Waals surface area contributed by atoms with Crippen molar-refractivity contribution in [2.24, 2.45) is 0 Å². The van der Waals surface area contributed by atoms with Gasteiger partial charge >= 0.3 is 0 Å². The number of aromatic nitrogens is 4. The third-order valence-electron chi connectivity index (χ3n) is 6.68. The third kappa shape index (κ3) is 4.76. The number of pyridine rings is 2. The Morgan fingerprint density at radius 2 is 1.86 bits per heavy atom. The highest BCUT2D eigenvalue weighted by molar-refractivity contribution is 7.89. The highest BCUT2D eigenvalue weighted by Gasteiger charge is 2.39. The van der Waals surface area contributed by atoms with Crippen molar-refractivity contribution in [1.82, 2.24) is 24.5 Å². The molecule has 0 spiro atoms. The van der Waals surface area contributed by atoms with E-state index in [9.17, 15) is 17.2 Å². The van der Waals surface area contributed by atoms with Gasteiger partial charge in [0.25, 0.3) is 6.43 Å². The average molecular weight is 505 g/mol. The van der Waals surface area contributed by atoms with E-state index in [1.54, 1.807) is 25.1 Å². The molecule has 0 bridgehead atoms. The second-order valence-corrected chi connectivity index (χ2v) is 10.8. The van der Waals surface area contributed by atoms with Crippen LogP contribution in [0, 0.1) is 6.92 Å². The molecule has 0 aromatic carbocycles. The van der Waals surface area contributed by atoms with Crippen LogP contribution in [0.1, 0.15) is 67.1 Å². The zero-order valence-corrected chi connectivity index (χ0v) is 20.0. The van der Waals surface area contributed by atoms with Crippen LogP contribution in [0.2, 0.25) is 0 Å². The first-order chi connectivity index (χ1) is 16.8. The predicted octanol–water partition coefficient (Wildman–Crippen LogP) is 4.02. The molecule has 3 aromatic rings. The molecule has 12 heteroatoms. The van der Waals surface area contributed by atoms with Gasteiger partial charge in [0.2, 0.25) is 21.8 Å². The summed E-state index contributed by atoms with van der Waals surface area (Å²) in [5.41, 5.74) is 0.679. The number of sulfonamides is 1. The lowest BCUT2D eigenvalue weighted by molar-refractivity contribution is 0.146. The van der Waals surface area contributed by atoms with E-state index >= 15 is 0 Å². The van der Waals surface area contributed by atoms with Crippen LogP contribution in [0.4, 0.5) is 14.6 Å². The van der Waals surface area contributed by atoms with E-state index in [1.807, 2.05) is 0 Å². The highest BCUT2D eigenvalue weighted by Crippen LogP contribution is 2.36. The van der Waals surface area contributed by atoms with Crippen molar-refractivity contribution in [2.75, 3.05) is 24.5 Å². The number of anilines is 1. The van der Waals surface area contributed by atoms with Crippen LogP contribution >= 0.6 is 0 Å². The summed E-state index contributed by atoms with van der Waals surface area (Å²) in [5.74, 6) is 1.58. The number of hydrogen-bond donors (Lipinski definition) is 0. The highest BCUT2D eigenvalue weighted by atomic mass is 32.2. The van der Waals surface area contributed by atoms with E-state index in [0.717, 1.165) is 18.4 Å². The Kier molecular flexibility index (Phi) is 6.49. The van der Waals surface area contributed by atoms with Crippen molar-refractivity contribution >= 4 is 15.8 Å². The number of hydrogen-bond acceptors (Lipinski definition) is 8. The molecule has 0 radical (unpaired) electrons. The molecule has 2 fully saturated rings. The molecule has 35 heavy (non-hydrogen) atoms. The van der Waals surface area contributed by atoms with Crippen molar-refractivity contribution in [1.29, 1.82) is 0 Å². The quantitative estimate of drug-likeness (QED) is 0.496. The maximum Gasteiger partial charge on any atom is 0.280 e. The summed E-state index contributed by atoms with van der Waals surface area (Å²) in [4.78, 5) is 10.4. The maximum absolute atomic E-state index is 13.3. The topological polar surface area (TPSA) is 105 Å². The molecule has 2 saturated heterocycles. The minimum atomic E-state index is -3.77. The minimum absolute atomic E-state index is 0.121. The van der Waals surface area contributed by atoms with E-state index in [4.69, 9.17) is 4.42 Å². The molecule has 5 rings (SSSR count). The van der Waals surface area contributed by atoms with Crippen molar-refractivity contribution in [2.45, 2.75) is 55.9 Å². The summed E-state index contributed by atoms with van der Waals surface area (Å²) in [5, 5.41) is 7.84. The molecule has 186 valence electrons. The van der Waals surface area contributed by atoms with E-state index in [2.05, 4.69) is 25.1 Å². The summed E-state index contributed by atoms with van der Waals surface area (Å²) in [6, 6.07) is 6.11. The summed E-state index contributed by atoms with van der Waals surface area (Å²) < 4.78 is 59.5. The first kappa shape index (κ1) is 23.7. The van der Waals surface area contributed by atoms with Gasteiger partial charge in [-0.15, -0.1) is 10.2 Å². The fourth-order valence-electron chi connectivity index (χ4n) is 4.85. The van der Waals surface area contributed by atoms with Gasteiger partial charge in [0.05, 0.1) is 0 Å². The van der Waals surface area contributed by atoms with Gasteiger partial charge in [-0.2, -0.15) is 4.31 Å². The average Bonchev–Trinajstić information content (AvgIpc) is 3.54. The monoisotopic (exact) mass is 504 g/mol. The molecular formula is C23H26F2N6O3S. The SMILES string of the molecule is Cc1nnc(C2CCCN2S(=O)(=O)c2ccc(N3CCC(c4ccnc(C(F)F)c4)CC3)nc2)o1. The van der Waals surface area contributed by atoms with E-state index < -0.39 is 22.5 Å². The Labute approximate surface area is 202 Å². The summed E-state index contributed by atoms with van der Waals surface area (Å²) in [6.07, 6.45) is 3.15. The van der Waals surface area contributed by atoms with Gasteiger partial charge < -0.3 is 9.32 Å². The lowest BCUT2D eigenvalue weighted by atomic mass is 9.89. The van der Waals surface area contributed by atoms with Crippen molar-refractivity contribution in [3.63, 3.8) is 0 Å². The lowest BCUT2D eigenvalue weighted by Crippen LogP contribution is -2.34. The van der Waals surface area contributed by atoms with Crippen LogP contribution in [0.15, 0.2) is 46.0 Å². The van der Waals surface area contributed by atoms with Crippen LogP contribution in [-0.4, -0.2) is 52.5 Å². The van der Waals surface area contributed by atoms with E-state index in [0.29, 0.717) is 50.1 Å². The van der Waals surface area contributed by atoms with Gasteiger partial charge in [-0.25, -0.2) is 22.2 Å². The van der Waals surface area contributed by atoms with Crippen LogP contribution in [0.5, 0.6) is 0 Å². The van der Waals surface area contributed by atoms with E-state index in [-0.39, 0.29) is 16.5 Å². The molecule has 5 heterocycles. The van der Waals surface area contributed by atoms with Crippen LogP contribution < -0.4 is 4.90 Å². The molecule has 0 amide bonds.